The van der Waals surface area contributed by atoms with Gasteiger partial charge in [0.15, 0.2) is 11.2 Å². The van der Waals surface area contributed by atoms with Crippen molar-refractivity contribution in [2.45, 2.75) is 6.54 Å². The summed E-state index contributed by atoms with van der Waals surface area (Å²) < 4.78 is 2.50. The van der Waals surface area contributed by atoms with Crippen LogP contribution in [0.2, 0.25) is 0 Å². The summed E-state index contributed by atoms with van der Waals surface area (Å²) in [6.07, 6.45) is 0. The van der Waals surface area contributed by atoms with Crippen molar-refractivity contribution in [1.29, 1.82) is 0 Å². The third-order valence-electron chi connectivity index (χ3n) is 5.00. The first-order valence-electron chi connectivity index (χ1n) is 8.71. The van der Waals surface area contributed by atoms with Crippen LogP contribution in [0.4, 0.5) is 5.95 Å². The van der Waals surface area contributed by atoms with Crippen molar-refractivity contribution in [3.8, 4) is 0 Å². The van der Waals surface area contributed by atoms with Crippen LogP contribution in [0.5, 0.6) is 0 Å². The molecule has 0 atom stereocenters. The summed E-state index contributed by atoms with van der Waals surface area (Å²) in [5.41, 5.74) is 1.37. The lowest BCUT2D eigenvalue weighted by molar-refractivity contribution is 0.249. The van der Waals surface area contributed by atoms with Crippen molar-refractivity contribution in [2.75, 3.05) is 31.1 Å². The van der Waals surface area contributed by atoms with E-state index in [2.05, 4.69) is 44.0 Å². The fourth-order valence-electron chi connectivity index (χ4n) is 3.42. The number of H-pyrrole nitrogens is 1. The second kappa shape index (κ2) is 6.45. The van der Waals surface area contributed by atoms with Gasteiger partial charge in [-0.15, -0.1) is 0 Å². The fraction of sp³-hybridized carbons (Fsp3) is 0.389. The van der Waals surface area contributed by atoms with E-state index in [1.165, 1.54) is 17.2 Å². The number of fused-ring (bicyclic) bond motifs is 1. The van der Waals surface area contributed by atoms with E-state index in [1.807, 2.05) is 6.07 Å². The quantitative estimate of drug-likeness (QED) is 0.731. The minimum absolute atomic E-state index is 0.343. The standard InChI is InChI=1S/C18H22N6O2/c1-21-15-14(16(25)22(2)18(21)26)19-17(20-15)24-10-8-23(9-11-24)12-13-6-4-3-5-7-13/h3-7H,8-12H2,1-2H3,(H,19,20). The van der Waals surface area contributed by atoms with Gasteiger partial charge in [-0.05, 0) is 5.56 Å². The van der Waals surface area contributed by atoms with Gasteiger partial charge in [0.1, 0.15) is 0 Å². The second-order valence-corrected chi connectivity index (χ2v) is 6.71. The van der Waals surface area contributed by atoms with E-state index in [9.17, 15) is 9.59 Å². The molecule has 0 aliphatic carbocycles. The average molecular weight is 354 g/mol. The minimum atomic E-state index is -0.367. The van der Waals surface area contributed by atoms with E-state index in [1.54, 1.807) is 7.05 Å². The molecule has 0 amide bonds. The molecule has 1 aromatic carbocycles. The highest BCUT2D eigenvalue weighted by Gasteiger charge is 2.21. The van der Waals surface area contributed by atoms with Gasteiger partial charge in [-0.3, -0.25) is 18.8 Å². The lowest BCUT2D eigenvalue weighted by atomic mass is 10.2. The number of rotatable bonds is 3. The molecule has 8 nitrogen and oxygen atoms in total. The van der Waals surface area contributed by atoms with E-state index in [0.29, 0.717) is 17.1 Å². The average Bonchev–Trinajstić information content (AvgIpc) is 3.12. The summed E-state index contributed by atoms with van der Waals surface area (Å²) in [6, 6.07) is 10.4. The smallest absolute Gasteiger partial charge is 0.332 e. The zero-order chi connectivity index (χ0) is 18.3. The molecule has 3 heterocycles. The SMILES string of the molecule is Cn1c(=O)c2[nH]c(N3CCN(Cc4ccccc4)CC3)nc2n(C)c1=O. The van der Waals surface area contributed by atoms with Crippen molar-refractivity contribution >= 4 is 17.1 Å². The fourth-order valence-corrected chi connectivity index (χ4v) is 3.42. The van der Waals surface area contributed by atoms with E-state index >= 15 is 0 Å². The van der Waals surface area contributed by atoms with Gasteiger partial charge in [-0.25, -0.2) is 4.79 Å². The first kappa shape index (κ1) is 16.6. The molecule has 0 saturated carbocycles. The number of hydrogen-bond acceptors (Lipinski definition) is 5. The lowest BCUT2D eigenvalue weighted by Gasteiger charge is -2.34. The van der Waals surface area contributed by atoms with Gasteiger partial charge in [-0.2, -0.15) is 4.98 Å². The van der Waals surface area contributed by atoms with E-state index < -0.39 is 0 Å². The summed E-state index contributed by atoms with van der Waals surface area (Å²) in [5.74, 6) is 0.651. The molecule has 1 aliphatic rings. The van der Waals surface area contributed by atoms with E-state index in [0.717, 1.165) is 37.3 Å². The largest absolute Gasteiger partial charge is 0.340 e. The summed E-state index contributed by atoms with van der Waals surface area (Å²) in [6.45, 7) is 4.41. The summed E-state index contributed by atoms with van der Waals surface area (Å²) in [7, 11) is 3.11. The normalized spacial score (nSPS) is 15.7. The number of aryl methyl sites for hydroxylation is 1. The molecular formula is C18H22N6O2. The Hall–Kier alpha value is -2.87. The first-order valence-corrected chi connectivity index (χ1v) is 8.71. The number of piperazine rings is 1. The van der Waals surface area contributed by atoms with Gasteiger partial charge < -0.3 is 9.88 Å². The van der Waals surface area contributed by atoms with Crippen molar-refractivity contribution < 1.29 is 0 Å². The molecule has 4 rings (SSSR count). The van der Waals surface area contributed by atoms with Crippen LogP contribution in [0.25, 0.3) is 11.2 Å². The molecule has 0 bridgehead atoms. The highest BCUT2D eigenvalue weighted by molar-refractivity contribution is 5.73. The maximum atomic E-state index is 12.3. The molecule has 1 fully saturated rings. The van der Waals surface area contributed by atoms with Crippen LogP contribution in [-0.2, 0) is 20.6 Å². The monoisotopic (exact) mass is 354 g/mol. The number of benzene rings is 1. The lowest BCUT2D eigenvalue weighted by Crippen LogP contribution is -2.46. The zero-order valence-electron chi connectivity index (χ0n) is 15.0. The third-order valence-corrected chi connectivity index (χ3v) is 5.00. The van der Waals surface area contributed by atoms with Crippen LogP contribution in [-0.4, -0.2) is 50.2 Å². The minimum Gasteiger partial charge on any atom is -0.340 e. The topological polar surface area (TPSA) is 79.2 Å². The zero-order valence-corrected chi connectivity index (χ0v) is 15.0. The molecule has 0 radical (unpaired) electrons. The number of nitrogens with zero attached hydrogens (tertiary/aromatic N) is 5. The molecule has 26 heavy (non-hydrogen) atoms. The Balaban J connectivity index is 1.53. The van der Waals surface area contributed by atoms with Crippen molar-refractivity contribution in [1.82, 2.24) is 24.0 Å². The third kappa shape index (κ3) is 2.82. The van der Waals surface area contributed by atoms with Crippen molar-refractivity contribution in [3.05, 3.63) is 56.7 Å². The Morgan fingerprint density at radius 2 is 1.69 bits per heavy atom. The van der Waals surface area contributed by atoms with Crippen LogP contribution < -0.4 is 16.1 Å². The van der Waals surface area contributed by atoms with Gasteiger partial charge in [0.05, 0.1) is 0 Å². The van der Waals surface area contributed by atoms with E-state index in [4.69, 9.17) is 0 Å². The number of hydrogen-bond donors (Lipinski definition) is 1. The molecule has 0 spiro atoms. The Morgan fingerprint density at radius 3 is 2.38 bits per heavy atom. The Bertz CT molecular complexity index is 1040. The summed E-state index contributed by atoms with van der Waals surface area (Å²) >= 11 is 0. The first-order chi connectivity index (χ1) is 12.5. The van der Waals surface area contributed by atoms with Gasteiger partial charge in [-0.1, -0.05) is 30.3 Å². The van der Waals surface area contributed by atoms with E-state index in [-0.39, 0.29) is 11.2 Å². The number of aromatic nitrogens is 4. The number of anilines is 1. The predicted octanol–water partition coefficient (Wildman–Crippen LogP) is 0.282. The Morgan fingerprint density at radius 1 is 1.00 bits per heavy atom. The molecule has 3 aromatic rings. The number of imidazole rings is 1. The highest BCUT2D eigenvalue weighted by atomic mass is 16.2. The maximum absolute atomic E-state index is 12.3. The molecule has 1 aliphatic heterocycles. The molecule has 1 saturated heterocycles. The molecule has 2 aromatic heterocycles. The molecular weight excluding hydrogens is 332 g/mol. The second-order valence-electron chi connectivity index (χ2n) is 6.71. The Labute approximate surface area is 150 Å². The van der Waals surface area contributed by atoms with Crippen LogP contribution in [0, 0.1) is 0 Å². The Kier molecular flexibility index (Phi) is 4.12. The number of nitrogens with one attached hydrogen (secondary N) is 1. The number of aromatic amines is 1. The van der Waals surface area contributed by atoms with Crippen LogP contribution in [0.3, 0.4) is 0 Å². The van der Waals surface area contributed by atoms with Gasteiger partial charge >= 0.3 is 5.69 Å². The summed E-state index contributed by atoms with van der Waals surface area (Å²) in [5, 5.41) is 0. The summed E-state index contributed by atoms with van der Waals surface area (Å²) in [4.78, 5) is 36.5. The van der Waals surface area contributed by atoms with Crippen LogP contribution >= 0.6 is 0 Å². The van der Waals surface area contributed by atoms with Crippen LogP contribution in [0.1, 0.15) is 5.56 Å². The van der Waals surface area contributed by atoms with Crippen LogP contribution in [0.15, 0.2) is 39.9 Å². The highest BCUT2D eigenvalue weighted by Crippen LogP contribution is 2.16. The maximum Gasteiger partial charge on any atom is 0.332 e. The van der Waals surface area contributed by atoms with Gasteiger partial charge in [0, 0.05) is 46.8 Å². The van der Waals surface area contributed by atoms with Crippen molar-refractivity contribution in [2.24, 2.45) is 14.1 Å². The molecule has 8 heteroatoms. The van der Waals surface area contributed by atoms with Gasteiger partial charge in [0.2, 0.25) is 5.95 Å². The van der Waals surface area contributed by atoms with Gasteiger partial charge in [0.25, 0.3) is 5.56 Å². The predicted molar refractivity (Wildman–Crippen MR) is 101 cm³/mol. The molecule has 1 N–H and O–H groups in total. The molecule has 136 valence electrons. The molecule has 0 unspecified atom stereocenters. The van der Waals surface area contributed by atoms with Crippen molar-refractivity contribution in [3.63, 3.8) is 0 Å².